The largest absolute Gasteiger partial charge is 0.479 e. The molecule has 0 amide bonds. The van der Waals surface area contributed by atoms with Gasteiger partial charge in [-0.1, -0.05) is 5.16 Å². The monoisotopic (exact) mass is 157 g/mol. The Hall–Kier alpha value is -1.52. The van der Waals surface area contributed by atoms with Gasteiger partial charge in [-0.25, -0.2) is 4.79 Å². The molecular formula is C6H7NO4. The van der Waals surface area contributed by atoms with Gasteiger partial charge in [-0.2, -0.15) is 0 Å². The second-order valence-electron chi connectivity index (χ2n) is 1.93. The SMILES string of the molecule is Cc1oncc1OCC(=O)O. The molecule has 0 saturated heterocycles. The van der Waals surface area contributed by atoms with Crippen molar-refractivity contribution in [2.24, 2.45) is 0 Å². The number of rotatable bonds is 3. The fourth-order valence-electron chi connectivity index (χ4n) is 0.568. The average molecular weight is 157 g/mol. The van der Waals surface area contributed by atoms with Crippen molar-refractivity contribution in [2.45, 2.75) is 6.92 Å². The predicted octanol–water partition coefficient (Wildman–Crippen LogP) is 0.446. The van der Waals surface area contributed by atoms with Gasteiger partial charge in [-0.3, -0.25) is 0 Å². The Balaban J connectivity index is 2.51. The van der Waals surface area contributed by atoms with Crippen LogP contribution in [-0.4, -0.2) is 22.8 Å². The van der Waals surface area contributed by atoms with Crippen LogP contribution in [0.2, 0.25) is 0 Å². The molecule has 0 aliphatic rings. The smallest absolute Gasteiger partial charge is 0.341 e. The molecule has 5 nitrogen and oxygen atoms in total. The van der Waals surface area contributed by atoms with E-state index >= 15 is 0 Å². The lowest BCUT2D eigenvalue weighted by atomic mass is 10.5. The standard InChI is InChI=1S/C6H7NO4/c1-4-5(2-7-11-4)10-3-6(8)9/h2H,3H2,1H3,(H,8,9). The van der Waals surface area contributed by atoms with Crippen LogP contribution in [-0.2, 0) is 4.79 Å². The van der Waals surface area contributed by atoms with Gasteiger partial charge in [-0.05, 0) is 0 Å². The van der Waals surface area contributed by atoms with Crippen LogP contribution in [0.5, 0.6) is 5.75 Å². The van der Waals surface area contributed by atoms with E-state index in [0.717, 1.165) is 0 Å². The first-order valence-corrected chi connectivity index (χ1v) is 2.96. The second kappa shape index (κ2) is 3.05. The Labute approximate surface area is 62.6 Å². The molecule has 1 aromatic heterocycles. The average Bonchev–Trinajstić information content (AvgIpc) is 2.31. The quantitative estimate of drug-likeness (QED) is 0.689. The van der Waals surface area contributed by atoms with Crippen LogP contribution < -0.4 is 4.74 Å². The van der Waals surface area contributed by atoms with E-state index < -0.39 is 5.97 Å². The molecule has 0 aliphatic heterocycles. The van der Waals surface area contributed by atoms with Gasteiger partial charge in [-0.15, -0.1) is 0 Å². The van der Waals surface area contributed by atoms with E-state index in [4.69, 9.17) is 9.84 Å². The van der Waals surface area contributed by atoms with Gasteiger partial charge in [0.05, 0.1) is 0 Å². The first-order valence-electron chi connectivity index (χ1n) is 2.96. The molecule has 60 valence electrons. The van der Waals surface area contributed by atoms with E-state index in [1.54, 1.807) is 6.92 Å². The lowest BCUT2D eigenvalue weighted by molar-refractivity contribution is -0.139. The first-order chi connectivity index (χ1) is 5.20. The Morgan fingerprint density at radius 1 is 1.91 bits per heavy atom. The summed E-state index contributed by atoms with van der Waals surface area (Å²) in [6.45, 7) is 1.27. The third kappa shape index (κ3) is 1.96. The van der Waals surface area contributed by atoms with Crippen molar-refractivity contribution in [1.29, 1.82) is 0 Å². The third-order valence-corrected chi connectivity index (χ3v) is 1.06. The fraction of sp³-hybridized carbons (Fsp3) is 0.333. The van der Waals surface area contributed by atoms with E-state index in [1.807, 2.05) is 0 Å². The number of aromatic nitrogens is 1. The highest BCUT2D eigenvalue weighted by Crippen LogP contribution is 2.14. The molecule has 0 aromatic carbocycles. The van der Waals surface area contributed by atoms with Gasteiger partial charge >= 0.3 is 5.97 Å². The van der Waals surface area contributed by atoms with Crippen molar-refractivity contribution in [3.05, 3.63) is 12.0 Å². The molecule has 0 saturated carbocycles. The molecule has 0 spiro atoms. The van der Waals surface area contributed by atoms with Crippen molar-refractivity contribution in [3.8, 4) is 5.75 Å². The van der Waals surface area contributed by atoms with Gasteiger partial charge in [0, 0.05) is 6.92 Å². The highest BCUT2D eigenvalue weighted by atomic mass is 16.5. The van der Waals surface area contributed by atoms with Gasteiger partial charge in [0.2, 0.25) is 0 Å². The summed E-state index contributed by atoms with van der Waals surface area (Å²) in [5, 5.41) is 11.6. The van der Waals surface area contributed by atoms with E-state index in [1.165, 1.54) is 6.20 Å². The first kappa shape index (κ1) is 7.59. The predicted molar refractivity (Wildman–Crippen MR) is 34.4 cm³/mol. The number of aliphatic carboxylic acids is 1. The van der Waals surface area contributed by atoms with Gasteiger partial charge in [0.25, 0.3) is 0 Å². The van der Waals surface area contributed by atoms with E-state index in [0.29, 0.717) is 11.5 Å². The lowest BCUT2D eigenvalue weighted by Crippen LogP contribution is -2.09. The van der Waals surface area contributed by atoms with Crippen LogP contribution in [0.4, 0.5) is 0 Å². The van der Waals surface area contributed by atoms with E-state index in [2.05, 4.69) is 9.68 Å². The van der Waals surface area contributed by atoms with Gasteiger partial charge < -0.3 is 14.4 Å². The number of carboxylic acid groups (broad SMARTS) is 1. The summed E-state index contributed by atoms with van der Waals surface area (Å²) in [7, 11) is 0. The Morgan fingerprint density at radius 2 is 2.64 bits per heavy atom. The molecule has 5 heteroatoms. The summed E-state index contributed by atoms with van der Waals surface area (Å²) in [4.78, 5) is 10.0. The molecule has 0 fully saturated rings. The molecule has 1 aromatic rings. The number of ether oxygens (including phenoxy) is 1. The second-order valence-corrected chi connectivity index (χ2v) is 1.93. The molecule has 1 rings (SSSR count). The summed E-state index contributed by atoms with van der Waals surface area (Å²) >= 11 is 0. The normalized spacial score (nSPS) is 9.55. The maximum atomic E-state index is 10.0. The summed E-state index contributed by atoms with van der Waals surface area (Å²) in [5.74, 6) is -0.177. The van der Waals surface area contributed by atoms with Crippen LogP contribution in [0.3, 0.4) is 0 Å². The number of carboxylic acids is 1. The number of nitrogens with zero attached hydrogens (tertiary/aromatic N) is 1. The number of carbonyl (C=O) groups is 1. The van der Waals surface area contributed by atoms with Crippen molar-refractivity contribution < 1.29 is 19.2 Å². The highest BCUT2D eigenvalue weighted by Gasteiger charge is 2.05. The molecule has 0 aliphatic carbocycles. The number of aryl methyl sites for hydroxylation is 1. The van der Waals surface area contributed by atoms with Crippen LogP contribution in [0.25, 0.3) is 0 Å². The Bertz CT molecular complexity index is 255. The van der Waals surface area contributed by atoms with Crippen molar-refractivity contribution in [3.63, 3.8) is 0 Å². The zero-order chi connectivity index (χ0) is 8.27. The van der Waals surface area contributed by atoms with E-state index in [-0.39, 0.29) is 6.61 Å². The molecule has 0 atom stereocenters. The van der Waals surface area contributed by atoms with Crippen LogP contribution in [0.15, 0.2) is 10.7 Å². The number of hydrogen-bond acceptors (Lipinski definition) is 4. The Morgan fingerprint density at radius 3 is 3.09 bits per heavy atom. The minimum Gasteiger partial charge on any atom is -0.479 e. The van der Waals surface area contributed by atoms with E-state index in [9.17, 15) is 4.79 Å². The minimum absolute atomic E-state index is 0.368. The van der Waals surface area contributed by atoms with Gasteiger partial charge in [0.1, 0.15) is 6.20 Å². The van der Waals surface area contributed by atoms with Gasteiger partial charge in [0.15, 0.2) is 18.1 Å². The topological polar surface area (TPSA) is 72.6 Å². The zero-order valence-electron chi connectivity index (χ0n) is 5.90. The van der Waals surface area contributed by atoms with Crippen molar-refractivity contribution in [2.75, 3.05) is 6.61 Å². The molecule has 0 radical (unpaired) electrons. The summed E-state index contributed by atoms with van der Waals surface area (Å²) in [6, 6.07) is 0. The van der Waals surface area contributed by atoms with Crippen LogP contribution in [0, 0.1) is 6.92 Å². The fourth-order valence-corrected chi connectivity index (χ4v) is 0.568. The zero-order valence-corrected chi connectivity index (χ0v) is 5.90. The summed E-state index contributed by atoms with van der Waals surface area (Å²) in [5.41, 5.74) is 0. The lowest BCUT2D eigenvalue weighted by Gasteiger charge is -1.97. The molecular weight excluding hydrogens is 150 g/mol. The maximum Gasteiger partial charge on any atom is 0.341 e. The minimum atomic E-state index is -1.02. The van der Waals surface area contributed by atoms with Crippen LogP contribution in [0.1, 0.15) is 5.76 Å². The molecule has 1 heterocycles. The molecule has 11 heavy (non-hydrogen) atoms. The Kier molecular flexibility index (Phi) is 2.10. The summed E-state index contributed by atoms with van der Waals surface area (Å²) < 4.78 is 9.41. The highest BCUT2D eigenvalue weighted by molar-refractivity contribution is 5.68. The van der Waals surface area contributed by atoms with Crippen molar-refractivity contribution >= 4 is 5.97 Å². The third-order valence-electron chi connectivity index (χ3n) is 1.06. The molecule has 0 unspecified atom stereocenters. The molecule has 1 N–H and O–H groups in total. The molecule has 0 bridgehead atoms. The van der Waals surface area contributed by atoms with Crippen molar-refractivity contribution in [1.82, 2.24) is 5.16 Å². The maximum absolute atomic E-state index is 10.0. The summed E-state index contributed by atoms with van der Waals surface area (Å²) in [6.07, 6.45) is 1.33. The number of hydrogen-bond donors (Lipinski definition) is 1. The van der Waals surface area contributed by atoms with Crippen LogP contribution >= 0.6 is 0 Å².